The molecule has 1 aromatic heterocycles. The van der Waals surface area contributed by atoms with Crippen molar-refractivity contribution in [2.24, 2.45) is 12.8 Å². The van der Waals surface area contributed by atoms with Gasteiger partial charge in [0.15, 0.2) is 0 Å². The second kappa shape index (κ2) is 5.61. The highest BCUT2D eigenvalue weighted by Gasteiger charge is 2.23. The number of benzene rings is 1. The zero-order valence-electron chi connectivity index (χ0n) is 11.9. The molecule has 2 atom stereocenters. The molecule has 1 aliphatic rings. The lowest BCUT2D eigenvalue weighted by molar-refractivity contribution is 0.0937. The smallest absolute Gasteiger partial charge is 0.251 e. The molecule has 0 aliphatic heterocycles. The van der Waals surface area contributed by atoms with Gasteiger partial charge >= 0.3 is 0 Å². The molecule has 0 radical (unpaired) electrons. The van der Waals surface area contributed by atoms with Crippen LogP contribution in [0.4, 0.5) is 0 Å². The predicted molar refractivity (Wildman–Crippen MR) is 77.3 cm³/mol. The van der Waals surface area contributed by atoms with E-state index in [-0.39, 0.29) is 18.0 Å². The average molecular weight is 286 g/mol. The molecular weight excluding hydrogens is 268 g/mol. The van der Waals surface area contributed by atoms with Crippen LogP contribution in [0.3, 0.4) is 0 Å². The lowest BCUT2D eigenvalue weighted by atomic mass is 10.1. The van der Waals surface area contributed by atoms with Crippen LogP contribution in [0.1, 0.15) is 29.6 Å². The van der Waals surface area contributed by atoms with Crippen LogP contribution in [0.15, 0.2) is 24.3 Å². The number of rotatable bonds is 3. The molecule has 1 saturated carbocycles. The van der Waals surface area contributed by atoms with Gasteiger partial charge in [-0.25, -0.2) is 0 Å². The molecule has 2 aromatic rings. The summed E-state index contributed by atoms with van der Waals surface area (Å²) in [6, 6.07) is 7.60. The summed E-state index contributed by atoms with van der Waals surface area (Å²) in [6.45, 7) is 0. The van der Waals surface area contributed by atoms with Gasteiger partial charge < -0.3 is 11.1 Å². The molecule has 3 N–H and O–H groups in total. The first-order chi connectivity index (χ1) is 10.1. The Bertz CT molecular complexity index is 635. The molecule has 1 fully saturated rings. The predicted octanol–water partition coefficient (Wildman–Crippen LogP) is 0.487. The summed E-state index contributed by atoms with van der Waals surface area (Å²) in [6.07, 6.45) is 2.78. The van der Waals surface area contributed by atoms with E-state index in [4.69, 9.17) is 5.73 Å². The Balaban J connectivity index is 1.67. The zero-order valence-corrected chi connectivity index (χ0v) is 11.9. The number of aryl methyl sites for hydroxylation is 1. The fourth-order valence-electron chi connectivity index (χ4n) is 2.59. The second-order valence-electron chi connectivity index (χ2n) is 5.42. The van der Waals surface area contributed by atoms with E-state index in [1.54, 1.807) is 19.2 Å². The van der Waals surface area contributed by atoms with Gasteiger partial charge in [-0.3, -0.25) is 4.79 Å². The Hall–Kier alpha value is -2.28. The third-order valence-electron chi connectivity index (χ3n) is 3.72. The molecule has 1 heterocycles. The molecule has 1 amide bonds. The third kappa shape index (κ3) is 3.08. The molecule has 1 aliphatic carbocycles. The van der Waals surface area contributed by atoms with Crippen LogP contribution in [0.5, 0.6) is 0 Å². The van der Waals surface area contributed by atoms with Crippen LogP contribution in [-0.2, 0) is 7.05 Å². The summed E-state index contributed by atoms with van der Waals surface area (Å²) >= 11 is 0. The van der Waals surface area contributed by atoms with Crippen molar-refractivity contribution >= 4 is 5.91 Å². The second-order valence-corrected chi connectivity index (χ2v) is 5.42. The molecule has 0 unspecified atom stereocenters. The maximum atomic E-state index is 12.2. The van der Waals surface area contributed by atoms with Gasteiger partial charge in [0.05, 0.1) is 7.05 Å². The van der Waals surface area contributed by atoms with E-state index in [0.717, 1.165) is 24.8 Å². The Labute approximate surface area is 122 Å². The first kappa shape index (κ1) is 13.7. The minimum atomic E-state index is -0.0623. The quantitative estimate of drug-likeness (QED) is 0.855. The summed E-state index contributed by atoms with van der Waals surface area (Å²) in [5.41, 5.74) is 7.32. The molecule has 0 bridgehead atoms. The van der Waals surface area contributed by atoms with E-state index >= 15 is 0 Å². The minimum Gasteiger partial charge on any atom is -0.349 e. The summed E-state index contributed by atoms with van der Waals surface area (Å²) in [4.78, 5) is 13.6. The van der Waals surface area contributed by atoms with Crippen molar-refractivity contribution in [2.75, 3.05) is 0 Å². The van der Waals surface area contributed by atoms with Crippen LogP contribution in [0, 0.1) is 0 Å². The highest BCUT2D eigenvalue weighted by atomic mass is 16.1. The normalized spacial score (nSPS) is 21.4. The van der Waals surface area contributed by atoms with Crippen molar-refractivity contribution in [1.82, 2.24) is 25.5 Å². The van der Waals surface area contributed by atoms with Gasteiger partial charge in [-0.15, -0.1) is 10.2 Å². The SMILES string of the molecule is Cn1nnc(-c2ccc(C(=O)N[C@@H]3CC[C@@H](N)C3)cc2)n1. The van der Waals surface area contributed by atoms with Crippen molar-refractivity contribution < 1.29 is 4.79 Å². The number of nitrogens with zero attached hydrogens (tertiary/aromatic N) is 4. The van der Waals surface area contributed by atoms with Gasteiger partial charge in [-0.05, 0) is 36.6 Å². The first-order valence-corrected chi connectivity index (χ1v) is 7.02. The molecule has 1 aromatic carbocycles. The lowest BCUT2D eigenvalue weighted by Crippen LogP contribution is -2.33. The van der Waals surface area contributed by atoms with Gasteiger partial charge in [0.2, 0.25) is 5.82 Å². The standard InChI is InChI=1S/C14H18N6O/c1-20-18-13(17-19-20)9-2-4-10(5-3-9)14(21)16-12-7-6-11(15)8-12/h2-5,11-12H,6-8,15H2,1H3,(H,16,21)/t11-,12-/m1/s1. The Morgan fingerprint density at radius 1 is 1.33 bits per heavy atom. The minimum absolute atomic E-state index is 0.0623. The largest absolute Gasteiger partial charge is 0.349 e. The summed E-state index contributed by atoms with van der Waals surface area (Å²) in [7, 11) is 1.71. The van der Waals surface area contributed by atoms with Crippen LogP contribution in [0.25, 0.3) is 11.4 Å². The van der Waals surface area contributed by atoms with Crippen LogP contribution >= 0.6 is 0 Å². The molecular formula is C14H18N6O. The van der Waals surface area contributed by atoms with Crippen molar-refractivity contribution in [3.05, 3.63) is 29.8 Å². The molecule has 3 rings (SSSR count). The van der Waals surface area contributed by atoms with Crippen LogP contribution in [0.2, 0.25) is 0 Å². The van der Waals surface area contributed by atoms with Crippen molar-refractivity contribution in [3.8, 4) is 11.4 Å². The van der Waals surface area contributed by atoms with Crippen LogP contribution < -0.4 is 11.1 Å². The molecule has 21 heavy (non-hydrogen) atoms. The van der Waals surface area contributed by atoms with E-state index in [2.05, 4.69) is 20.7 Å². The van der Waals surface area contributed by atoms with Crippen LogP contribution in [-0.4, -0.2) is 38.2 Å². The van der Waals surface area contributed by atoms with E-state index in [1.807, 2.05) is 12.1 Å². The molecule has 0 spiro atoms. The highest BCUT2D eigenvalue weighted by Crippen LogP contribution is 2.18. The van der Waals surface area contributed by atoms with Gasteiger partial charge in [0.1, 0.15) is 0 Å². The van der Waals surface area contributed by atoms with E-state index in [1.165, 1.54) is 4.80 Å². The monoisotopic (exact) mass is 286 g/mol. The highest BCUT2D eigenvalue weighted by molar-refractivity contribution is 5.94. The molecule has 0 saturated heterocycles. The third-order valence-corrected chi connectivity index (χ3v) is 3.72. The van der Waals surface area contributed by atoms with E-state index < -0.39 is 0 Å². The fraction of sp³-hybridized carbons (Fsp3) is 0.429. The van der Waals surface area contributed by atoms with E-state index in [0.29, 0.717) is 11.4 Å². The number of nitrogens with two attached hydrogens (primary N) is 1. The number of carbonyl (C=O) groups is 1. The van der Waals surface area contributed by atoms with Gasteiger partial charge in [-0.2, -0.15) is 4.80 Å². The molecule has 7 heteroatoms. The van der Waals surface area contributed by atoms with E-state index in [9.17, 15) is 4.79 Å². The summed E-state index contributed by atoms with van der Waals surface area (Å²) in [5.74, 6) is 0.485. The summed E-state index contributed by atoms with van der Waals surface area (Å²) < 4.78 is 0. The van der Waals surface area contributed by atoms with Gasteiger partial charge in [0, 0.05) is 23.2 Å². The number of aromatic nitrogens is 4. The average Bonchev–Trinajstić information content (AvgIpc) is 3.08. The topological polar surface area (TPSA) is 98.7 Å². The van der Waals surface area contributed by atoms with Gasteiger partial charge in [0.25, 0.3) is 5.91 Å². The number of amides is 1. The number of tetrazole rings is 1. The van der Waals surface area contributed by atoms with Crippen molar-refractivity contribution in [2.45, 2.75) is 31.3 Å². The maximum Gasteiger partial charge on any atom is 0.251 e. The number of nitrogens with one attached hydrogen (secondary N) is 1. The zero-order chi connectivity index (χ0) is 14.8. The number of hydrogen-bond donors (Lipinski definition) is 2. The number of carbonyl (C=O) groups excluding carboxylic acids is 1. The summed E-state index contributed by atoms with van der Waals surface area (Å²) in [5, 5.41) is 14.9. The fourth-order valence-corrected chi connectivity index (χ4v) is 2.59. The number of hydrogen-bond acceptors (Lipinski definition) is 5. The van der Waals surface area contributed by atoms with Crippen molar-refractivity contribution in [1.29, 1.82) is 0 Å². The molecule has 7 nitrogen and oxygen atoms in total. The maximum absolute atomic E-state index is 12.2. The van der Waals surface area contributed by atoms with Gasteiger partial charge in [-0.1, -0.05) is 12.1 Å². The Morgan fingerprint density at radius 2 is 2.10 bits per heavy atom. The Kier molecular flexibility index (Phi) is 3.66. The first-order valence-electron chi connectivity index (χ1n) is 7.02. The Morgan fingerprint density at radius 3 is 2.67 bits per heavy atom. The molecule has 110 valence electrons. The van der Waals surface area contributed by atoms with Crippen molar-refractivity contribution in [3.63, 3.8) is 0 Å². The lowest BCUT2D eigenvalue weighted by Gasteiger charge is -2.12.